The van der Waals surface area contributed by atoms with Crippen LogP contribution in [0.15, 0.2) is 53.0 Å². The van der Waals surface area contributed by atoms with E-state index in [1.54, 1.807) is 4.90 Å². The van der Waals surface area contributed by atoms with E-state index in [1.165, 1.54) is 29.7 Å². The molecule has 2 heteroatoms. The molecule has 1 aliphatic rings. The number of hydrogen-bond acceptors (Lipinski definition) is 0. The van der Waals surface area contributed by atoms with Crippen LogP contribution in [0.1, 0.15) is 16.7 Å². The summed E-state index contributed by atoms with van der Waals surface area (Å²) < 4.78 is 1.16. The van der Waals surface area contributed by atoms with Crippen LogP contribution in [0.2, 0.25) is 0 Å². The van der Waals surface area contributed by atoms with Crippen molar-refractivity contribution in [3.8, 4) is 0 Å². The van der Waals surface area contributed by atoms with E-state index in [4.69, 9.17) is 0 Å². The van der Waals surface area contributed by atoms with Gasteiger partial charge in [0, 0.05) is 22.0 Å². The second-order valence-electron chi connectivity index (χ2n) is 5.00. The summed E-state index contributed by atoms with van der Waals surface area (Å²) in [5.74, 6) is 0. The van der Waals surface area contributed by atoms with Crippen molar-refractivity contribution in [2.45, 2.75) is 19.5 Å². The molecule has 0 fully saturated rings. The monoisotopic (exact) mass is 302 g/mol. The molecule has 1 aliphatic heterocycles. The molecule has 2 aromatic rings. The third kappa shape index (κ3) is 2.65. The van der Waals surface area contributed by atoms with Crippen LogP contribution < -0.4 is 4.90 Å². The van der Waals surface area contributed by atoms with Gasteiger partial charge in [-0.2, -0.15) is 0 Å². The molecular weight excluding hydrogens is 286 g/mol. The zero-order valence-electron chi connectivity index (χ0n) is 10.3. The summed E-state index contributed by atoms with van der Waals surface area (Å²) in [6, 6.07) is 17.6. The fourth-order valence-electron chi connectivity index (χ4n) is 2.68. The highest BCUT2D eigenvalue weighted by Crippen LogP contribution is 2.12. The van der Waals surface area contributed by atoms with Gasteiger partial charge in [-0.15, -0.1) is 0 Å². The van der Waals surface area contributed by atoms with Crippen LogP contribution in [-0.2, 0) is 19.5 Å². The maximum Gasteiger partial charge on any atom is 0.103 e. The largest absolute Gasteiger partial charge is 0.327 e. The first-order valence-corrected chi connectivity index (χ1v) is 7.25. The lowest BCUT2D eigenvalue weighted by molar-refractivity contribution is -0.929. The van der Waals surface area contributed by atoms with Gasteiger partial charge in [-0.05, 0) is 17.7 Å². The van der Waals surface area contributed by atoms with E-state index in [1.807, 2.05) is 0 Å². The first-order valence-electron chi connectivity index (χ1n) is 6.46. The van der Waals surface area contributed by atoms with Gasteiger partial charge in [0.1, 0.15) is 13.1 Å². The molecule has 0 spiro atoms. The summed E-state index contributed by atoms with van der Waals surface area (Å²) in [5.41, 5.74) is 4.49. The standard InChI is InChI=1S/C16H16BrN/c17-16-7-5-13(6-8-16)11-18-10-9-14-3-1-2-4-15(14)12-18/h1-8H,9-12H2/p+1. The Bertz CT molecular complexity index is 533. The maximum absolute atomic E-state index is 3.49. The van der Waals surface area contributed by atoms with Gasteiger partial charge >= 0.3 is 0 Å². The molecule has 0 radical (unpaired) electrons. The Morgan fingerprint density at radius 1 is 0.944 bits per heavy atom. The molecule has 1 heterocycles. The van der Waals surface area contributed by atoms with Crippen molar-refractivity contribution in [1.82, 2.24) is 0 Å². The minimum absolute atomic E-state index is 1.13. The molecule has 1 nitrogen and oxygen atoms in total. The topological polar surface area (TPSA) is 4.44 Å². The molecule has 92 valence electrons. The van der Waals surface area contributed by atoms with E-state index in [9.17, 15) is 0 Å². The normalized spacial score (nSPS) is 18.4. The Labute approximate surface area is 117 Å². The van der Waals surface area contributed by atoms with Crippen molar-refractivity contribution in [3.63, 3.8) is 0 Å². The van der Waals surface area contributed by atoms with Crippen LogP contribution in [0.25, 0.3) is 0 Å². The fourth-order valence-corrected chi connectivity index (χ4v) is 2.95. The molecule has 0 aliphatic carbocycles. The lowest BCUT2D eigenvalue weighted by atomic mass is 9.99. The summed E-state index contributed by atoms with van der Waals surface area (Å²) in [5, 5.41) is 0. The molecule has 0 amide bonds. The second-order valence-corrected chi connectivity index (χ2v) is 5.91. The summed E-state index contributed by atoms with van der Waals surface area (Å²) in [6.07, 6.45) is 1.21. The van der Waals surface area contributed by atoms with Crippen LogP contribution in [-0.4, -0.2) is 6.54 Å². The number of hydrogen-bond donors (Lipinski definition) is 1. The van der Waals surface area contributed by atoms with Crippen LogP contribution in [0.5, 0.6) is 0 Å². The minimum Gasteiger partial charge on any atom is -0.327 e. The molecule has 3 rings (SSSR count). The van der Waals surface area contributed by atoms with E-state index in [0.29, 0.717) is 0 Å². The molecule has 1 unspecified atom stereocenters. The third-order valence-electron chi connectivity index (χ3n) is 3.67. The van der Waals surface area contributed by atoms with Crippen LogP contribution in [0, 0.1) is 0 Å². The average molecular weight is 303 g/mol. The molecule has 0 bridgehead atoms. The predicted octanol–water partition coefficient (Wildman–Crippen LogP) is 2.59. The average Bonchev–Trinajstić information content (AvgIpc) is 2.41. The van der Waals surface area contributed by atoms with E-state index < -0.39 is 0 Å². The van der Waals surface area contributed by atoms with Gasteiger partial charge in [-0.3, -0.25) is 0 Å². The Morgan fingerprint density at radius 2 is 1.67 bits per heavy atom. The molecule has 18 heavy (non-hydrogen) atoms. The van der Waals surface area contributed by atoms with Crippen molar-refractivity contribution >= 4 is 15.9 Å². The van der Waals surface area contributed by atoms with Gasteiger partial charge in [0.15, 0.2) is 0 Å². The first kappa shape index (κ1) is 11.9. The highest BCUT2D eigenvalue weighted by atomic mass is 79.9. The summed E-state index contributed by atoms with van der Waals surface area (Å²) in [7, 11) is 0. The lowest BCUT2D eigenvalue weighted by Crippen LogP contribution is -3.10. The zero-order chi connectivity index (χ0) is 12.4. The van der Waals surface area contributed by atoms with Gasteiger partial charge in [0.05, 0.1) is 6.54 Å². The Hall–Kier alpha value is -1.12. The quantitative estimate of drug-likeness (QED) is 0.870. The third-order valence-corrected chi connectivity index (χ3v) is 4.20. The minimum atomic E-state index is 1.13. The number of rotatable bonds is 2. The highest BCUT2D eigenvalue weighted by Gasteiger charge is 2.18. The van der Waals surface area contributed by atoms with E-state index in [-0.39, 0.29) is 0 Å². The maximum atomic E-state index is 3.49. The first-order chi connectivity index (χ1) is 8.81. The number of quaternary nitrogens is 1. The number of fused-ring (bicyclic) bond motifs is 1. The Balaban J connectivity index is 1.71. The summed E-state index contributed by atoms with van der Waals surface area (Å²) in [6.45, 7) is 3.53. The SMILES string of the molecule is Brc1ccc(C[NH+]2CCc3ccccc3C2)cc1. The van der Waals surface area contributed by atoms with Crippen molar-refractivity contribution in [1.29, 1.82) is 0 Å². The van der Waals surface area contributed by atoms with Crippen molar-refractivity contribution in [2.75, 3.05) is 6.54 Å². The summed E-state index contributed by atoms with van der Waals surface area (Å²) >= 11 is 3.49. The highest BCUT2D eigenvalue weighted by molar-refractivity contribution is 9.10. The molecular formula is C16H17BrN+. The lowest BCUT2D eigenvalue weighted by Gasteiger charge is -2.25. The van der Waals surface area contributed by atoms with Gasteiger partial charge in [0.25, 0.3) is 0 Å². The van der Waals surface area contributed by atoms with Crippen LogP contribution in [0.4, 0.5) is 0 Å². The predicted molar refractivity (Wildman–Crippen MR) is 77.5 cm³/mol. The summed E-state index contributed by atoms with van der Waals surface area (Å²) in [4.78, 5) is 1.66. The molecule has 1 atom stereocenters. The Morgan fingerprint density at radius 3 is 2.44 bits per heavy atom. The number of benzene rings is 2. The van der Waals surface area contributed by atoms with Crippen LogP contribution in [0.3, 0.4) is 0 Å². The number of nitrogens with one attached hydrogen (secondary N) is 1. The molecule has 1 N–H and O–H groups in total. The van der Waals surface area contributed by atoms with Gasteiger partial charge in [-0.25, -0.2) is 0 Å². The number of halogens is 1. The van der Waals surface area contributed by atoms with Gasteiger partial charge in [0.2, 0.25) is 0 Å². The van der Waals surface area contributed by atoms with Crippen LogP contribution >= 0.6 is 15.9 Å². The van der Waals surface area contributed by atoms with Gasteiger partial charge in [-0.1, -0.05) is 52.3 Å². The Kier molecular flexibility index (Phi) is 3.48. The molecule has 0 saturated carbocycles. The van der Waals surface area contributed by atoms with Crippen molar-refractivity contribution in [3.05, 3.63) is 69.7 Å². The van der Waals surface area contributed by atoms with Gasteiger partial charge < -0.3 is 4.90 Å². The van der Waals surface area contributed by atoms with Crippen molar-refractivity contribution < 1.29 is 4.90 Å². The zero-order valence-corrected chi connectivity index (χ0v) is 11.9. The van der Waals surface area contributed by atoms with E-state index in [2.05, 4.69) is 64.5 Å². The van der Waals surface area contributed by atoms with E-state index >= 15 is 0 Å². The molecule has 0 saturated heterocycles. The van der Waals surface area contributed by atoms with Crippen molar-refractivity contribution in [2.24, 2.45) is 0 Å². The molecule has 0 aromatic heterocycles. The fraction of sp³-hybridized carbons (Fsp3) is 0.250. The molecule has 2 aromatic carbocycles. The second kappa shape index (κ2) is 5.25. The van der Waals surface area contributed by atoms with E-state index in [0.717, 1.165) is 17.6 Å². The smallest absolute Gasteiger partial charge is 0.103 e.